The van der Waals surface area contributed by atoms with Gasteiger partial charge in [0.05, 0.1) is 8.96 Å². The van der Waals surface area contributed by atoms with Crippen LogP contribution in [0.1, 0.15) is 5.76 Å². The van der Waals surface area contributed by atoms with Crippen molar-refractivity contribution in [3.63, 3.8) is 0 Å². The van der Waals surface area contributed by atoms with Gasteiger partial charge in [-0.15, -0.1) is 0 Å². The third-order valence-corrected chi connectivity index (χ3v) is 3.14. The largest absolute Gasteiger partial charge is 0.507 e. The number of fused-ring (bicyclic) bond motifs is 1. The normalized spacial score (nSPS) is 12.0. The summed E-state index contributed by atoms with van der Waals surface area (Å²) in [7, 11) is 0. The third kappa shape index (κ3) is 2.11. The fourth-order valence-corrected chi connectivity index (χ4v) is 1.90. The number of hydrogen-bond donors (Lipinski definition) is 1. The van der Waals surface area contributed by atoms with Gasteiger partial charge in [-0.05, 0) is 34.7 Å². The van der Waals surface area contributed by atoms with Crippen molar-refractivity contribution in [3.8, 4) is 5.75 Å². The van der Waals surface area contributed by atoms with Crippen molar-refractivity contribution in [1.82, 2.24) is 0 Å². The maximum Gasteiger partial charge on any atom is 0.449 e. The smallest absolute Gasteiger partial charge is 0.449 e. The highest BCUT2D eigenvalue weighted by atomic mass is 127. The second-order valence-corrected chi connectivity index (χ2v) is 4.33. The van der Waals surface area contributed by atoms with Crippen LogP contribution in [0.4, 0.5) is 13.2 Å². The summed E-state index contributed by atoms with van der Waals surface area (Å²) in [5.41, 5.74) is -1.05. The minimum Gasteiger partial charge on any atom is -0.507 e. The van der Waals surface area contributed by atoms with Crippen LogP contribution in [0.3, 0.4) is 0 Å². The molecule has 0 bridgehead atoms. The number of phenolic OH excluding ortho intramolecular Hbond substituents is 1. The summed E-state index contributed by atoms with van der Waals surface area (Å²) in [6, 6.07) is 2.85. The third-order valence-electron chi connectivity index (χ3n) is 2.10. The van der Waals surface area contributed by atoms with Gasteiger partial charge in [-0.25, -0.2) is 0 Å². The van der Waals surface area contributed by atoms with Gasteiger partial charge in [-0.3, -0.25) is 4.79 Å². The average Bonchev–Trinajstić information content (AvgIpc) is 2.22. The van der Waals surface area contributed by atoms with E-state index in [2.05, 4.69) is 4.42 Å². The van der Waals surface area contributed by atoms with Crippen LogP contribution < -0.4 is 5.43 Å². The van der Waals surface area contributed by atoms with Gasteiger partial charge in [0, 0.05) is 6.07 Å². The summed E-state index contributed by atoms with van der Waals surface area (Å²) >= 11 is 1.61. The molecule has 1 heterocycles. The maximum atomic E-state index is 12.4. The predicted molar refractivity (Wildman–Crippen MR) is 61.9 cm³/mol. The SMILES string of the molecule is O=c1cc(C(F)(F)F)oc2c(I)c(O)ccc12. The van der Waals surface area contributed by atoms with Gasteiger partial charge in [0.1, 0.15) is 5.75 Å². The molecule has 1 N–H and O–H groups in total. The van der Waals surface area contributed by atoms with Crippen molar-refractivity contribution in [3.05, 3.63) is 37.8 Å². The molecule has 0 saturated heterocycles. The molecule has 2 aromatic rings. The quantitative estimate of drug-likeness (QED) is 0.738. The Bertz CT molecular complexity index is 646. The van der Waals surface area contributed by atoms with Crippen molar-refractivity contribution in [2.45, 2.75) is 6.18 Å². The molecule has 90 valence electrons. The first-order chi connectivity index (χ1) is 7.80. The van der Waals surface area contributed by atoms with Crippen molar-refractivity contribution in [2.24, 2.45) is 0 Å². The zero-order chi connectivity index (χ0) is 12.8. The molecule has 0 spiro atoms. The van der Waals surface area contributed by atoms with E-state index in [9.17, 15) is 23.1 Å². The molecule has 0 aliphatic carbocycles. The molecule has 0 unspecified atom stereocenters. The molecular weight excluding hydrogens is 352 g/mol. The number of aromatic hydroxyl groups is 1. The topological polar surface area (TPSA) is 50.4 Å². The second kappa shape index (κ2) is 3.90. The van der Waals surface area contributed by atoms with E-state index in [-0.39, 0.29) is 20.3 Å². The highest BCUT2D eigenvalue weighted by molar-refractivity contribution is 14.1. The molecule has 0 amide bonds. The van der Waals surface area contributed by atoms with Gasteiger partial charge in [-0.1, -0.05) is 0 Å². The summed E-state index contributed by atoms with van der Waals surface area (Å²) in [5.74, 6) is -1.61. The van der Waals surface area contributed by atoms with Crippen LogP contribution in [0.15, 0.2) is 27.4 Å². The summed E-state index contributed by atoms with van der Waals surface area (Å²) in [6.45, 7) is 0. The van der Waals surface area contributed by atoms with Crippen molar-refractivity contribution in [2.75, 3.05) is 0 Å². The highest BCUT2D eigenvalue weighted by Crippen LogP contribution is 2.33. The maximum absolute atomic E-state index is 12.4. The fourth-order valence-electron chi connectivity index (χ4n) is 1.32. The van der Waals surface area contributed by atoms with E-state index in [0.717, 1.165) is 0 Å². The molecule has 2 rings (SSSR count). The Morgan fingerprint density at radius 3 is 2.53 bits per heavy atom. The molecule has 0 saturated carbocycles. The van der Waals surface area contributed by atoms with Gasteiger partial charge in [-0.2, -0.15) is 13.2 Å². The molecule has 0 fully saturated rings. The van der Waals surface area contributed by atoms with E-state index in [4.69, 9.17) is 0 Å². The number of benzene rings is 1. The molecule has 0 aliphatic heterocycles. The Hall–Kier alpha value is -1.25. The highest BCUT2D eigenvalue weighted by Gasteiger charge is 2.35. The molecule has 0 atom stereocenters. The van der Waals surface area contributed by atoms with E-state index in [0.29, 0.717) is 6.07 Å². The first kappa shape index (κ1) is 12.2. The molecule has 17 heavy (non-hydrogen) atoms. The van der Waals surface area contributed by atoms with Gasteiger partial charge in [0.15, 0.2) is 11.0 Å². The number of alkyl halides is 3. The molecule has 3 nitrogen and oxygen atoms in total. The molecule has 7 heteroatoms. The summed E-state index contributed by atoms with van der Waals surface area (Å²) in [4.78, 5) is 11.5. The molecule has 1 aromatic heterocycles. The molecular formula is C10H4F3IO3. The fraction of sp³-hybridized carbons (Fsp3) is 0.100. The van der Waals surface area contributed by atoms with E-state index < -0.39 is 17.4 Å². The summed E-state index contributed by atoms with van der Waals surface area (Å²) in [5, 5.41) is 9.35. The summed E-state index contributed by atoms with van der Waals surface area (Å²) in [6.07, 6.45) is -4.73. The van der Waals surface area contributed by atoms with Crippen LogP contribution in [0, 0.1) is 3.57 Å². The second-order valence-electron chi connectivity index (χ2n) is 3.25. The molecule has 0 aliphatic rings. The van der Waals surface area contributed by atoms with Gasteiger partial charge < -0.3 is 9.52 Å². The van der Waals surface area contributed by atoms with Crippen LogP contribution in [-0.4, -0.2) is 5.11 Å². The average molecular weight is 356 g/mol. The minimum atomic E-state index is -4.73. The Morgan fingerprint density at radius 2 is 1.94 bits per heavy atom. The number of rotatable bonds is 0. The van der Waals surface area contributed by atoms with Crippen LogP contribution >= 0.6 is 22.6 Å². The lowest BCUT2D eigenvalue weighted by Crippen LogP contribution is -2.11. The van der Waals surface area contributed by atoms with Gasteiger partial charge in [0.2, 0.25) is 5.76 Å². The minimum absolute atomic E-state index is 0.000185. The van der Waals surface area contributed by atoms with E-state index in [1.165, 1.54) is 12.1 Å². The van der Waals surface area contributed by atoms with Crippen LogP contribution in [-0.2, 0) is 6.18 Å². The van der Waals surface area contributed by atoms with E-state index in [1.807, 2.05) is 0 Å². The van der Waals surface area contributed by atoms with Crippen LogP contribution in [0.5, 0.6) is 5.75 Å². The lowest BCUT2D eigenvalue weighted by molar-refractivity contribution is -0.152. The zero-order valence-electron chi connectivity index (χ0n) is 8.01. The monoisotopic (exact) mass is 356 g/mol. The predicted octanol–water partition coefficient (Wildman–Crippen LogP) is 3.12. The van der Waals surface area contributed by atoms with Crippen molar-refractivity contribution >= 4 is 33.6 Å². The van der Waals surface area contributed by atoms with E-state index >= 15 is 0 Å². The number of phenols is 1. The number of hydrogen-bond acceptors (Lipinski definition) is 3. The first-order valence-electron chi connectivity index (χ1n) is 4.33. The zero-order valence-corrected chi connectivity index (χ0v) is 10.2. The molecule has 1 aromatic carbocycles. The summed E-state index contributed by atoms with van der Waals surface area (Å²) < 4.78 is 42.0. The lowest BCUT2D eigenvalue weighted by atomic mass is 10.2. The van der Waals surface area contributed by atoms with E-state index in [1.54, 1.807) is 22.6 Å². The Kier molecular flexibility index (Phi) is 2.80. The van der Waals surface area contributed by atoms with Gasteiger partial charge in [0.25, 0.3) is 0 Å². The first-order valence-corrected chi connectivity index (χ1v) is 5.41. The van der Waals surface area contributed by atoms with Crippen molar-refractivity contribution < 1.29 is 22.7 Å². The van der Waals surface area contributed by atoms with Crippen molar-refractivity contribution in [1.29, 1.82) is 0 Å². The van der Waals surface area contributed by atoms with Crippen LogP contribution in [0.25, 0.3) is 11.0 Å². The Morgan fingerprint density at radius 1 is 1.29 bits per heavy atom. The number of halogens is 4. The Balaban J connectivity index is 2.89. The standard InChI is InChI=1S/C10H4F3IO3/c11-10(12,13)7-3-6(16)4-1-2-5(15)8(14)9(4)17-7/h1-3,15H. The lowest BCUT2D eigenvalue weighted by Gasteiger charge is -2.07. The Labute approximate surface area is 106 Å². The van der Waals surface area contributed by atoms with Gasteiger partial charge >= 0.3 is 6.18 Å². The molecule has 0 radical (unpaired) electrons. The van der Waals surface area contributed by atoms with Crippen LogP contribution in [0.2, 0.25) is 0 Å².